The van der Waals surface area contributed by atoms with Crippen LogP contribution in [-0.4, -0.2) is 6.54 Å². The molecule has 0 aliphatic carbocycles. The second kappa shape index (κ2) is 6.48. The Kier molecular flexibility index (Phi) is 4.65. The Balaban J connectivity index is 2.26. The molecule has 2 aromatic carbocycles. The van der Waals surface area contributed by atoms with Gasteiger partial charge in [0.25, 0.3) is 0 Å². The van der Waals surface area contributed by atoms with E-state index in [-0.39, 0.29) is 0 Å². The van der Waals surface area contributed by atoms with E-state index < -0.39 is 0 Å². The first kappa shape index (κ1) is 12.2. The van der Waals surface area contributed by atoms with E-state index in [1.165, 1.54) is 11.1 Å². The van der Waals surface area contributed by atoms with Gasteiger partial charge in [0.15, 0.2) is 0 Å². The van der Waals surface area contributed by atoms with Crippen molar-refractivity contribution in [2.75, 3.05) is 6.54 Å². The SMILES string of the molecule is SNCCC(c1ccccc1)c1ccccc1. The van der Waals surface area contributed by atoms with Crippen LogP contribution in [0.15, 0.2) is 60.7 Å². The Hall–Kier alpha value is -1.25. The molecule has 0 fully saturated rings. The molecule has 1 N–H and O–H groups in total. The predicted octanol–water partition coefficient (Wildman–Crippen LogP) is 3.64. The molecule has 88 valence electrons. The molecular formula is C15H17NS. The highest BCUT2D eigenvalue weighted by Crippen LogP contribution is 2.27. The summed E-state index contributed by atoms with van der Waals surface area (Å²) in [6.45, 7) is 0.900. The van der Waals surface area contributed by atoms with Gasteiger partial charge in [0, 0.05) is 12.5 Å². The Bertz CT molecular complexity index is 388. The molecule has 0 spiro atoms. The molecule has 0 radical (unpaired) electrons. The molecule has 0 heterocycles. The lowest BCUT2D eigenvalue weighted by Gasteiger charge is -2.17. The van der Waals surface area contributed by atoms with Gasteiger partial charge >= 0.3 is 0 Å². The third-order valence-corrected chi connectivity index (χ3v) is 3.17. The van der Waals surface area contributed by atoms with Crippen LogP contribution in [0.2, 0.25) is 0 Å². The molecule has 0 aliphatic rings. The van der Waals surface area contributed by atoms with Crippen molar-refractivity contribution in [1.82, 2.24) is 4.72 Å². The van der Waals surface area contributed by atoms with Crippen molar-refractivity contribution < 1.29 is 0 Å². The van der Waals surface area contributed by atoms with Gasteiger partial charge in [-0.15, -0.1) is 0 Å². The van der Waals surface area contributed by atoms with Gasteiger partial charge in [-0.25, -0.2) is 0 Å². The second-order valence-corrected chi connectivity index (χ2v) is 4.39. The average molecular weight is 243 g/mol. The van der Waals surface area contributed by atoms with Crippen LogP contribution in [0.25, 0.3) is 0 Å². The first-order chi connectivity index (χ1) is 8.42. The van der Waals surface area contributed by atoms with Crippen LogP contribution in [0, 0.1) is 0 Å². The summed E-state index contributed by atoms with van der Waals surface area (Å²) in [5, 5.41) is 0. The van der Waals surface area contributed by atoms with Crippen LogP contribution in [0.5, 0.6) is 0 Å². The van der Waals surface area contributed by atoms with E-state index in [1.54, 1.807) is 0 Å². The lowest BCUT2D eigenvalue weighted by atomic mass is 9.89. The summed E-state index contributed by atoms with van der Waals surface area (Å²) >= 11 is 4.07. The van der Waals surface area contributed by atoms with Gasteiger partial charge in [0.2, 0.25) is 0 Å². The van der Waals surface area contributed by atoms with E-state index in [9.17, 15) is 0 Å². The molecule has 17 heavy (non-hydrogen) atoms. The summed E-state index contributed by atoms with van der Waals surface area (Å²) in [6.07, 6.45) is 1.05. The fourth-order valence-corrected chi connectivity index (χ4v) is 2.23. The molecule has 0 atom stereocenters. The lowest BCUT2D eigenvalue weighted by molar-refractivity contribution is 0.707. The van der Waals surface area contributed by atoms with Gasteiger partial charge in [0.05, 0.1) is 0 Å². The summed E-state index contributed by atoms with van der Waals surface area (Å²) in [5.41, 5.74) is 2.73. The van der Waals surface area contributed by atoms with Gasteiger partial charge < -0.3 is 0 Å². The predicted molar refractivity (Wildman–Crippen MR) is 76.3 cm³/mol. The molecular weight excluding hydrogens is 226 g/mol. The molecule has 2 aromatic rings. The summed E-state index contributed by atoms with van der Waals surface area (Å²) in [6, 6.07) is 21.3. The summed E-state index contributed by atoms with van der Waals surface area (Å²) in [5.74, 6) is 0.442. The quantitative estimate of drug-likeness (QED) is 0.764. The molecule has 0 amide bonds. The molecule has 2 rings (SSSR count). The number of benzene rings is 2. The maximum Gasteiger partial charge on any atom is 0.0102 e. The molecule has 0 aliphatic heterocycles. The fraction of sp³-hybridized carbons (Fsp3) is 0.200. The van der Waals surface area contributed by atoms with Gasteiger partial charge in [-0.05, 0) is 17.5 Å². The van der Waals surface area contributed by atoms with Crippen molar-refractivity contribution in [1.29, 1.82) is 0 Å². The second-order valence-electron chi connectivity index (χ2n) is 4.07. The number of thiol groups is 1. The molecule has 0 saturated carbocycles. The third kappa shape index (κ3) is 3.35. The standard InChI is InChI=1S/C15H17NS/c17-16-12-11-15(13-7-3-1-4-8-13)14-9-5-2-6-10-14/h1-10,15-17H,11-12H2. The van der Waals surface area contributed by atoms with Crippen molar-refractivity contribution in [3.05, 3.63) is 71.8 Å². The number of hydrogen-bond donors (Lipinski definition) is 2. The van der Waals surface area contributed by atoms with Crippen LogP contribution in [0.3, 0.4) is 0 Å². The highest BCUT2D eigenvalue weighted by Gasteiger charge is 2.12. The first-order valence-corrected chi connectivity index (χ1v) is 6.33. The van der Waals surface area contributed by atoms with Gasteiger partial charge in [0.1, 0.15) is 0 Å². The van der Waals surface area contributed by atoms with E-state index in [0.717, 1.165) is 13.0 Å². The van der Waals surface area contributed by atoms with Gasteiger partial charge in [-0.3, -0.25) is 4.72 Å². The van der Waals surface area contributed by atoms with Crippen molar-refractivity contribution >= 4 is 12.8 Å². The van der Waals surface area contributed by atoms with Gasteiger partial charge in [-0.1, -0.05) is 73.5 Å². The maximum atomic E-state index is 4.07. The van der Waals surface area contributed by atoms with E-state index in [4.69, 9.17) is 0 Å². The van der Waals surface area contributed by atoms with E-state index in [2.05, 4.69) is 78.2 Å². The monoisotopic (exact) mass is 243 g/mol. The average Bonchev–Trinajstić information content (AvgIpc) is 2.42. The van der Waals surface area contributed by atoms with Crippen molar-refractivity contribution in [2.24, 2.45) is 0 Å². The Morgan fingerprint density at radius 2 is 1.29 bits per heavy atom. The Morgan fingerprint density at radius 3 is 1.71 bits per heavy atom. The number of hydrogen-bond acceptors (Lipinski definition) is 2. The van der Waals surface area contributed by atoms with Crippen LogP contribution in [0.1, 0.15) is 23.5 Å². The maximum absolute atomic E-state index is 4.07. The fourth-order valence-electron chi connectivity index (χ4n) is 2.11. The van der Waals surface area contributed by atoms with Crippen LogP contribution in [-0.2, 0) is 0 Å². The topological polar surface area (TPSA) is 12.0 Å². The smallest absolute Gasteiger partial charge is 0.0102 e. The zero-order chi connectivity index (χ0) is 11.9. The van der Waals surface area contributed by atoms with Crippen molar-refractivity contribution in [3.8, 4) is 0 Å². The largest absolute Gasteiger partial charge is 0.267 e. The Morgan fingerprint density at radius 1 is 0.824 bits per heavy atom. The minimum absolute atomic E-state index is 0.442. The molecule has 1 nitrogen and oxygen atoms in total. The summed E-state index contributed by atoms with van der Waals surface area (Å²) in [4.78, 5) is 0. The highest BCUT2D eigenvalue weighted by molar-refractivity contribution is 7.78. The van der Waals surface area contributed by atoms with Gasteiger partial charge in [-0.2, -0.15) is 0 Å². The Labute approximate surface area is 108 Å². The molecule has 0 unspecified atom stereocenters. The summed E-state index contributed by atoms with van der Waals surface area (Å²) < 4.78 is 2.93. The molecule has 0 aromatic heterocycles. The molecule has 2 heteroatoms. The summed E-state index contributed by atoms with van der Waals surface area (Å²) in [7, 11) is 0. The number of nitrogens with one attached hydrogen (secondary N) is 1. The third-order valence-electron chi connectivity index (χ3n) is 2.95. The van der Waals surface area contributed by atoms with Crippen LogP contribution < -0.4 is 4.72 Å². The minimum atomic E-state index is 0.442. The van der Waals surface area contributed by atoms with E-state index in [0.29, 0.717) is 5.92 Å². The van der Waals surface area contributed by atoms with E-state index >= 15 is 0 Å². The van der Waals surface area contributed by atoms with Crippen molar-refractivity contribution in [2.45, 2.75) is 12.3 Å². The number of rotatable bonds is 5. The van der Waals surface area contributed by atoms with Crippen LogP contribution in [0.4, 0.5) is 0 Å². The first-order valence-electron chi connectivity index (χ1n) is 5.88. The highest BCUT2D eigenvalue weighted by atomic mass is 32.1. The minimum Gasteiger partial charge on any atom is -0.267 e. The normalized spacial score (nSPS) is 10.7. The van der Waals surface area contributed by atoms with Crippen LogP contribution >= 0.6 is 12.8 Å². The lowest BCUT2D eigenvalue weighted by Crippen LogP contribution is -2.09. The zero-order valence-corrected chi connectivity index (χ0v) is 10.6. The molecule has 0 bridgehead atoms. The zero-order valence-electron chi connectivity index (χ0n) is 9.71. The van der Waals surface area contributed by atoms with Crippen molar-refractivity contribution in [3.63, 3.8) is 0 Å². The molecule has 0 saturated heterocycles. The van der Waals surface area contributed by atoms with E-state index in [1.807, 2.05) is 0 Å².